The zero-order valence-electron chi connectivity index (χ0n) is 16.1. The Hall–Kier alpha value is -1.56. The minimum atomic E-state index is -1.77. The normalized spacial score (nSPS) is 15.5. The molecule has 1 saturated heterocycles. The second-order valence-corrected chi connectivity index (χ2v) is 7.37. The van der Waals surface area contributed by atoms with Gasteiger partial charge in [-0.15, -0.1) is 16.9 Å². The summed E-state index contributed by atoms with van der Waals surface area (Å²) < 4.78 is 30.9. The second-order valence-electron chi connectivity index (χ2n) is 6.51. The van der Waals surface area contributed by atoms with Gasteiger partial charge in [-0.3, -0.25) is 13.8 Å². The van der Waals surface area contributed by atoms with Crippen molar-refractivity contribution >= 4 is 23.0 Å². The van der Waals surface area contributed by atoms with Gasteiger partial charge in [-0.1, -0.05) is 24.4 Å². The van der Waals surface area contributed by atoms with Gasteiger partial charge >= 0.3 is 57.4 Å². The summed E-state index contributed by atoms with van der Waals surface area (Å²) in [6, 6.07) is 10.5. The van der Waals surface area contributed by atoms with E-state index in [0.29, 0.717) is 17.4 Å². The first-order chi connectivity index (χ1) is 14.0. The SMILES string of the molecule is O=C(O)c1csc(-c2cccc(N3CC[C@H](Oc4ccc([C-](F)F)cn4)C3)c2)n1.[K+]. The first kappa shape index (κ1) is 23.1. The monoisotopic (exact) mass is 455 g/mol. The van der Waals surface area contributed by atoms with Gasteiger partial charge < -0.3 is 14.7 Å². The minimum Gasteiger partial charge on any atom is -0.476 e. The van der Waals surface area contributed by atoms with Gasteiger partial charge in [-0.2, -0.15) is 6.07 Å². The van der Waals surface area contributed by atoms with Crippen LogP contribution in [-0.4, -0.2) is 40.2 Å². The topological polar surface area (TPSA) is 75.5 Å². The van der Waals surface area contributed by atoms with E-state index in [-0.39, 0.29) is 68.7 Å². The van der Waals surface area contributed by atoms with E-state index in [1.165, 1.54) is 28.8 Å². The minimum absolute atomic E-state index is 0. The average molecular weight is 456 g/mol. The van der Waals surface area contributed by atoms with Crippen LogP contribution in [-0.2, 0) is 0 Å². The number of ether oxygens (including phenoxy) is 1. The number of carboxylic acids is 1. The number of nitrogens with zero attached hydrogens (tertiary/aromatic N) is 3. The molecule has 3 heterocycles. The van der Waals surface area contributed by atoms with Gasteiger partial charge in [0.25, 0.3) is 0 Å². The number of anilines is 1. The van der Waals surface area contributed by atoms with Crippen molar-refractivity contribution in [2.24, 2.45) is 0 Å². The van der Waals surface area contributed by atoms with E-state index < -0.39 is 12.4 Å². The van der Waals surface area contributed by atoms with Crippen LogP contribution in [0.4, 0.5) is 14.5 Å². The number of hydrogen-bond donors (Lipinski definition) is 1. The number of rotatable bonds is 6. The van der Waals surface area contributed by atoms with Gasteiger partial charge in [0.05, 0.1) is 6.54 Å². The molecule has 2 aromatic heterocycles. The van der Waals surface area contributed by atoms with Crippen molar-refractivity contribution in [1.82, 2.24) is 9.97 Å². The molecule has 1 aliphatic heterocycles. The maximum absolute atomic E-state index is 12.5. The predicted octanol–water partition coefficient (Wildman–Crippen LogP) is 1.34. The molecule has 0 aliphatic carbocycles. The molecule has 0 amide bonds. The van der Waals surface area contributed by atoms with Gasteiger partial charge in [-0.25, -0.2) is 9.78 Å². The van der Waals surface area contributed by atoms with Crippen LogP contribution in [0.15, 0.2) is 48.0 Å². The molecule has 150 valence electrons. The molecule has 4 rings (SSSR count). The van der Waals surface area contributed by atoms with Gasteiger partial charge in [0, 0.05) is 29.6 Å². The van der Waals surface area contributed by atoms with Crippen LogP contribution in [0.3, 0.4) is 0 Å². The number of pyridine rings is 1. The van der Waals surface area contributed by atoms with E-state index in [2.05, 4.69) is 14.9 Å². The van der Waals surface area contributed by atoms with Crippen LogP contribution in [0.1, 0.15) is 22.5 Å². The molecule has 30 heavy (non-hydrogen) atoms. The number of thiazole rings is 1. The van der Waals surface area contributed by atoms with Crippen molar-refractivity contribution in [1.29, 1.82) is 0 Å². The Morgan fingerprint density at radius 2 is 2.13 bits per heavy atom. The van der Waals surface area contributed by atoms with Crippen LogP contribution in [0.5, 0.6) is 5.88 Å². The number of aromatic carboxylic acids is 1. The molecule has 0 spiro atoms. The number of halogens is 2. The Bertz CT molecular complexity index is 1020. The summed E-state index contributed by atoms with van der Waals surface area (Å²) in [6.07, 6.45) is -0.000781. The van der Waals surface area contributed by atoms with Gasteiger partial charge in [0.15, 0.2) is 18.0 Å². The molecule has 1 N–H and O–H groups in total. The number of benzene rings is 1. The fourth-order valence-electron chi connectivity index (χ4n) is 3.13. The molecule has 0 bridgehead atoms. The predicted molar refractivity (Wildman–Crippen MR) is 105 cm³/mol. The second kappa shape index (κ2) is 10.2. The van der Waals surface area contributed by atoms with Crippen molar-refractivity contribution in [3.05, 3.63) is 65.7 Å². The van der Waals surface area contributed by atoms with Crippen LogP contribution in [0, 0.1) is 6.43 Å². The molecule has 1 aromatic carbocycles. The van der Waals surface area contributed by atoms with Crippen LogP contribution >= 0.6 is 11.3 Å². The summed E-state index contributed by atoms with van der Waals surface area (Å²) in [5.41, 5.74) is 1.66. The van der Waals surface area contributed by atoms with E-state index in [1.807, 2.05) is 24.3 Å². The molecule has 0 radical (unpaired) electrons. The van der Waals surface area contributed by atoms with Crippen molar-refractivity contribution < 1.29 is 74.8 Å². The molecular formula is C20H16F2KN3O3S. The standard InChI is InChI=1S/C20H16F2N3O3S.K/c21-18(22)13-4-5-17(23-9-13)28-15-6-7-25(10-15)14-3-1-2-12(8-14)19-24-16(11-29-19)20(26)27;/h1-5,8-9,11,15H,6-7,10H2,(H,26,27);/q-1;+1/t15-;/m0./s1. The Labute approximate surface area is 218 Å². The van der Waals surface area contributed by atoms with Crippen molar-refractivity contribution in [2.45, 2.75) is 12.5 Å². The number of carbonyl (C=O) groups is 1. The summed E-state index contributed by atoms with van der Waals surface area (Å²) in [6.45, 7) is 1.41. The zero-order valence-corrected chi connectivity index (χ0v) is 20.0. The third kappa shape index (κ3) is 5.37. The quantitative estimate of drug-likeness (QED) is 0.447. The Kier molecular flexibility index (Phi) is 7.83. The van der Waals surface area contributed by atoms with Gasteiger partial charge in [0.2, 0.25) is 0 Å². The van der Waals surface area contributed by atoms with E-state index in [9.17, 15) is 13.6 Å². The first-order valence-electron chi connectivity index (χ1n) is 8.85. The number of hydrogen-bond acceptors (Lipinski definition) is 6. The van der Waals surface area contributed by atoms with E-state index in [0.717, 1.165) is 30.4 Å². The molecule has 0 saturated carbocycles. The summed E-state index contributed by atoms with van der Waals surface area (Å²) in [7, 11) is 0. The van der Waals surface area contributed by atoms with Crippen molar-refractivity contribution in [3.8, 4) is 16.5 Å². The van der Waals surface area contributed by atoms with Crippen molar-refractivity contribution in [3.63, 3.8) is 0 Å². The Morgan fingerprint density at radius 3 is 2.80 bits per heavy atom. The summed E-state index contributed by atoms with van der Waals surface area (Å²) in [4.78, 5) is 21.3. The van der Waals surface area contributed by atoms with Gasteiger partial charge in [-0.05, 0) is 12.1 Å². The fourth-order valence-corrected chi connectivity index (χ4v) is 3.92. The third-order valence-corrected chi connectivity index (χ3v) is 5.46. The molecule has 0 unspecified atom stereocenters. The molecule has 1 aliphatic rings. The summed E-state index contributed by atoms with van der Waals surface area (Å²) >= 11 is 1.29. The Balaban J connectivity index is 0.00000256. The Morgan fingerprint density at radius 1 is 1.30 bits per heavy atom. The van der Waals surface area contributed by atoms with Crippen molar-refractivity contribution in [2.75, 3.05) is 18.0 Å². The van der Waals surface area contributed by atoms with Gasteiger partial charge in [0.1, 0.15) is 11.1 Å². The van der Waals surface area contributed by atoms with Crippen LogP contribution in [0.2, 0.25) is 0 Å². The average Bonchev–Trinajstić information content (AvgIpc) is 3.39. The maximum atomic E-state index is 12.5. The molecule has 3 aromatic rings. The van der Waals surface area contributed by atoms with E-state index in [1.54, 1.807) is 0 Å². The number of carboxylic acid groups (broad SMARTS) is 1. The van der Waals surface area contributed by atoms with Crippen LogP contribution < -0.4 is 61.0 Å². The number of aromatic nitrogens is 2. The fraction of sp³-hybridized carbons (Fsp3) is 0.200. The largest absolute Gasteiger partial charge is 1.00 e. The molecule has 1 atom stereocenters. The molecule has 6 nitrogen and oxygen atoms in total. The third-order valence-electron chi connectivity index (χ3n) is 4.57. The summed E-state index contributed by atoms with van der Waals surface area (Å²) in [5.74, 6) is -0.725. The molecule has 10 heteroatoms. The summed E-state index contributed by atoms with van der Waals surface area (Å²) in [5, 5.41) is 11.2. The van der Waals surface area contributed by atoms with Crippen LogP contribution in [0.25, 0.3) is 10.6 Å². The van der Waals surface area contributed by atoms with E-state index >= 15 is 0 Å². The van der Waals surface area contributed by atoms with E-state index in [4.69, 9.17) is 9.84 Å². The molecule has 1 fully saturated rings. The zero-order chi connectivity index (χ0) is 20.4. The molecular weight excluding hydrogens is 439 g/mol. The first-order valence-corrected chi connectivity index (χ1v) is 9.73. The maximum Gasteiger partial charge on any atom is 1.00 e. The smallest absolute Gasteiger partial charge is 0.476 e.